The van der Waals surface area contributed by atoms with Gasteiger partial charge in [-0.05, 0) is 25.0 Å². The second-order valence-corrected chi connectivity index (χ2v) is 4.35. The molecule has 2 rings (SSSR count). The summed E-state index contributed by atoms with van der Waals surface area (Å²) in [6, 6.07) is 8.20. The van der Waals surface area contributed by atoms with E-state index in [4.69, 9.17) is 17.3 Å². The van der Waals surface area contributed by atoms with Crippen molar-refractivity contribution in [2.75, 3.05) is 0 Å². The van der Waals surface area contributed by atoms with E-state index in [1.807, 2.05) is 25.1 Å². The highest BCUT2D eigenvalue weighted by atomic mass is 35.5. The second-order valence-electron chi connectivity index (χ2n) is 3.91. The van der Waals surface area contributed by atoms with E-state index in [2.05, 4.69) is 11.2 Å². The van der Waals surface area contributed by atoms with Crippen LogP contribution in [0.2, 0.25) is 5.02 Å². The Labute approximate surface area is 99.8 Å². The summed E-state index contributed by atoms with van der Waals surface area (Å²) in [4.78, 5) is 0. The first-order chi connectivity index (χ1) is 7.66. The number of rotatable bonds is 3. The van der Waals surface area contributed by atoms with Crippen LogP contribution >= 0.6 is 11.6 Å². The van der Waals surface area contributed by atoms with Crippen LogP contribution in [-0.4, -0.2) is 15.8 Å². The van der Waals surface area contributed by atoms with Gasteiger partial charge in [0, 0.05) is 12.2 Å². The molecule has 2 aromatic rings. The van der Waals surface area contributed by atoms with Crippen LogP contribution in [0.3, 0.4) is 0 Å². The van der Waals surface area contributed by atoms with Gasteiger partial charge in [0.1, 0.15) is 0 Å². The van der Waals surface area contributed by atoms with Crippen molar-refractivity contribution < 1.29 is 0 Å². The number of para-hydroxylation sites is 1. The van der Waals surface area contributed by atoms with Crippen molar-refractivity contribution in [3.63, 3.8) is 0 Å². The molecule has 0 aliphatic carbocycles. The van der Waals surface area contributed by atoms with E-state index in [-0.39, 0.29) is 6.04 Å². The minimum atomic E-state index is 0.132. The van der Waals surface area contributed by atoms with Gasteiger partial charge in [-0.2, -0.15) is 5.10 Å². The van der Waals surface area contributed by atoms with E-state index in [0.717, 1.165) is 12.1 Å². The van der Waals surface area contributed by atoms with Gasteiger partial charge >= 0.3 is 0 Å². The summed E-state index contributed by atoms with van der Waals surface area (Å²) in [6.45, 7) is 1.99. The number of nitrogens with two attached hydrogens (primary N) is 1. The lowest BCUT2D eigenvalue weighted by molar-refractivity contribution is 0.727. The van der Waals surface area contributed by atoms with Gasteiger partial charge in [-0.3, -0.25) is 0 Å². The van der Waals surface area contributed by atoms with Crippen LogP contribution in [-0.2, 0) is 6.42 Å². The summed E-state index contributed by atoms with van der Waals surface area (Å²) < 4.78 is 1.78. The number of hydrogen-bond donors (Lipinski definition) is 1. The maximum atomic E-state index is 5.86. The lowest BCUT2D eigenvalue weighted by Crippen LogP contribution is -2.19. The molecule has 0 aliphatic rings. The number of halogens is 1. The quantitative estimate of drug-likeness (QED) is 0.888. The SMILES string of the molecule is CC(N)Cc1ccccc1-n1cc(Cl)cn1. The largest absolute Gasteiger partial charge is 0.328 e. The fourth-order valence-electron chi connectivity index (χ4n) is 1.69. The number of benzene rings is 1. The first-order valence-corrected chi connectivity index (χ1v) is 5.58. The molecule has 84 valence electrons. The molecule has 0 bridgehead atoms. The summed E-state index contributed by atoms with van der Waals surface area (Å²) in [6.07, 6.45) is 4.25. The van der Waals surface area contributed by atoms with Crippen LogP contribution in [0, 0.1) is 0 Å². The molecular weight excluding hydrogens is 222 g/mol. The van der Waals surface area contributed by atoms with Crippen molar-refractivity contribution in [2.24, 2.45) is 5.73 Å². The molecule has 0 radical (unpaired) electrons. The van der Waals surface area contributed by atoms with E-state index >= 15 is 0 Å². The summed E-state index contributed by atoms with van der Waals surface area (Å²) in [7, 11) is 0. The average Bonchev–Trinajstić information content (AvgIpc) is 2.65. The number of nitrogens with zero attached hydrogens (tertiary/aromatic N) is 2. The Balaban J connectivity index is 2.40. The summed E-state index contributed by atoms with van der Waals surface area (Å²) in [5.74, 6) is 0. The molecule has 0 amide bonds. The van der Waals surface area contributed by atoms with E-state index in [9.17, 15) is 0 Å². The molecular formula is C12H14ClN3. The monoisotopic (exact) mass is 235 g/mol. The van der Waals surface area contributed by atoms with Gasteiger partial charge in [0.05, 0.1) is 16.9 Å². The zero-order chi connectivity index (χ0) is 11.5. The van der Waals surface area contributed by atoms with Gasteiger partial charge in [-0.1, -0.05) is 29.8 Å². The van der Waals surface area contributed by atoms with Crippen LogP contribution in [0.15, 0.2) is 36.7 Å². The standard InChI is InChI=1S/C12H14ClN3/c1-9(14)6-10-4-2-3-5-12(10)16-8-11(13)7-15-16/h2-5,7-9H,6,14H2,1H3. The lowest BCUT2D eigenvalue weighted by atomic mass is 10.1. The Kier molecular flexibility index (Phi) is 3.27. The summed E-state index contributed by atoms with van der Waals surface area (Å²) in [5, 5.41) is 4.83. The molecule has 0 aliphatic heterocycles. The molecule has 1 unspecified atom stereocenters. The van der Waals surface area contributed by atoms with Gasteiger partial charge in [-0.15, -0.1) is 0 Å². The van der Waals surface area contributed by atoms with Gasteiger partial charge < -0.3 is 5.73 Å². The predicted molar refractivity (Wildman–Crippen MR) is 65.9 cm³/mol. The van der Waals surface area contributed by atoms with Crippen LogP contribution in [0.25, 0.3) is 5.69 Å². The molecule has 3 nitrogen and oxygen atoms in total. The minimum Gasteiger partial charge on any atom is -0.328 e. The Morgan fingerprint density at radius 3 is 2.81 bits per heavy atom. The molecule has 16 heavy (non-hydrogen) atoms. The van der Waals surface area contributed by atoms with Gasteiger partial charge in [-0.25, -0.2) is 4.68 Å². The first-order valence-electron chi connectivity index (χ1n) is 5.21. The van der Waals surface area contributed by atoms with Crippen molar-refractivity contribution in [1.82, 2.24) is 9.78 Å². The molecule has 0 spiro atoms. The molecule has 1 heterocycles. The molecule has 2 N–H and O–H groups in total. The third kappa shape index (κ3) is 2.43. The van der Waals surface area contributed by atoms with Gasteiger partial charge in [0.25, 0.3) is 0 Å². The number of aromatic nitrogens is 2. The average molecular weight is 236 g/mol. The maximum absolute atomic E-state index is 5.86. The third-order valence-corrected chi connectivity index (χ3v) is 2.53. The van der Waals surface area contributed by atoms with E-state index < -0.39 is 0 Å². The topological polar surface area (TPSA) is 43.8 Å². The molecule has 0 saturated carbocycles. The molecule has 1 aromatic heterocycles. The zero-order valence-electron chi connectivity index (χ0n) is 9.10. The molecule has 1 atom stereocenters. The highest BCUT2D eigenvalue weighted by molar-refractivity contribution is 6.30. The minimum absolute atomic E-state index is 0.132. The van der Waals surface area contributed by atoms with E-state index in [1.165, 1.54) is 5.56 Å². The van der Waals surface area contributed by atoms with Crippen LogP contribution in [0.1, 0.15) is 12.5 Å². The second kappa shape index (κ2) is 4.68. The predicted octanol–water partition coefficient (Wildman–Crippen LogP) is 2.42. The molecule has 4 heteroatoms. The van der Waals surface area contributed by atoms with Gasteiger partial charge in [0.15, 0.2) is 0 Å². The first kappa shape index (κ1) is 11.2. The fourth-order valence-corrected chi connectivity index (χ4v) is 1.82. The molecule has 0 saturated heterocycles. The van der Waals surface area contributed by atoms with Crippen molar-refractivity contribution >= 4 is 11.6 Å². The van der Waals surface area contributed by atoms with Crippen molar-refractivity contribution in [2.45, 2.75) is 19.4 Å². The summed E-state index contributed by atoms with van der Waals surface area (Å²) in [5.41, 5.74) is 8.03. The Morgan fingerprint density at radius 2 is 2.19 bits per heavy atom. The van der Waals surface area contributed by atoms with Crippen LogP contribution in [0.4, 0.5) is 0 Å². The summed E-state index contributed by atoms with van der Waals surface area (Å²) >= 11 is 5.86. The van der Waals surface area contributed by atoms with E-state index in [1.54, 1.807) is 17.1 Å². The van der Waals surface area contributed by atoms with E-state index in [0.29, 0.717) is 5.02 Å². The normalized spacial score (nSPS) is 12.7. The fraction of sp³-hybridized carbons (Fsp3) is 0.250. The molecule has 0 fully saturated rings. The highest BCUT2D eigenvalue weighted by Gasteiger charge is 2.07. The van der Waals surface area contributed by atoms with Crippen LogP contribution in [0.5, 0.6) is 0 Å². The number of hydrogen-bond acceptors (Lipinski definition) is 2. The Morgan fingerprint density at radius 1 is 1.44 bits per heavy atom. The molecule has 1 aromatic carbocycles. The highest BCUT2D eigenvalue weighted by Crippen LogP contribution is 2.17. The van der Waals surface area contributed by atoms with Crippen molar-refractivity contribution in [1.29, 1.82) is 0 Å². The third-order valence-electron chi connectivity index (χ3n) is 2.33. The van der Waals surface area contributed by atoms with Crippen molar-refractivity contribution in [3.05, 3.63) is 47.2 Å². The van der Waals surface area contributed by atoms with Crippen molar-refractivity contribution in [3.8, 4) is 5.69 Å². The lowest BCUT2D eigenvalue weighted by Gasteiger charge is -2.11. The maximum Gasteiger partial charge on any atom is 0.0790 e. The smallest absolute Gasteiger partial charge is 0.0790 e. The van der Waals surface area contributed by atoms with Crippen LogP contribution < -0.4 is 5.73 Å². The van der Waals surface area contributed by atoms with Gasteiger partial charge in [0.2, 0.25) is 0 Å². The Bertz CT molecular complexity index is 477. The Hall–Kier alpha value is -1.32. The zero-order valence-corrected chi connectivity index (χ0v) is 9.85.